The van der Waals surface area contributed by atoms with Crippen LogP contribution in [-0.2, 0) is 4.79 Å². The summed E-state index contributed by atoms with van der Waals surface area (Å²) in [5.41, 5.74) is 2.72. The van der Waals surface area contributed by atoms with E-state index in [4.69, 9.17) is 11.6 Å². The Morgan fingerprint density at radius 3 is 2.56 bits per heavy atom. The summed E-state index contributed by atoms with van der Waals surface area (Å²) in [6.45, 7) is 0.209. The molecule has 1 aliphatic rings. The largest absolute Gasteiger partial charge is 0.394 e. The molecule has 0 unspecified atom stereocenters. The molecule has 0 bridgehead atoms. The molecule has 1 aliphatic heterocycles. The highest BCUT2D eigenvalue weighted by Gasteiger charge is 2.29. The van der Waals surface area contributed by atoms with Crippen molar-refractivity contribution in [2.45, 2.75) is 24.6 Å². The second-order valence-electron chi connectivity index (χ2n) is 6.20. The van der Waals surface area contributed by atoms with Gasteiger partial charge in [0, 0.05) is 17.1 Å². The van der Waals surface area contributed by atoms with Crippen LogP contribution in [0.25, 0.3) is 11.1 Å². The molecule has 0 saturated carbocycles. The summed E-state index contributed by atoms with van der Waals surface area (Å²) in [7, 11) is 0. The Morgan fingerprint density at radius 1 is 1.24 bits per heavy atom. The van der Waals surface area contributed by atoms with E-state index in [1.807, 2.05) is 48.5 Å². The fourth-order valence-corrected chi connectivity index (χ4v) is 3.26. The van der Waals surface area contributed by atoms with Crippen molar-refractivity contribution in [3.63, 3.8) is 0 Å². The predicted molar refractivity (Wildman–Crippen MR) is 97.3 cm³/mol. The van der Waals surface area contributed by atoms with Gasteiger partial charge in [0.05, 0.1) is 24.8 Å². The molecule has 0 aromatic heterocycles. The molecular formula is C19H21ClN2O3. The summed E-state index contributed by atoms with van der Waals surface area (Å²) in [4.78, 5) is 12.3. The lowest BCUT2D eigenvalue weighted by atomic mass is 10.0. The molecule has 1 amide bonds. The maximum atomic E-state index is 12.3. The van der Waals surface area contributed by atoms with Crippen LogP contribution >= 0.6 is 11.6 Å². The number of amides is 1. The number of aliphatic hydroxyl groups excluding tert-OH is 2. The van der Waals surface area contributed by atoms with Crippen molar-refractivity contribution < 1.29 is 15.0 Å². The van der Waals surface area contributed by atoms with E-state index in [-0.39, 0.29) is 12.5 Å². The van der Waals surface area contributed by atoms with E-state index in [2.05, 4.69) is 10.6 Å². The first-order chi connectivity index (χ1) is 12.1. The lowest BCUT2D eigenvalue weighted by Gasteiger charge is -2.20. The highest BCUT2D eigenvalue weighted by Crippen LogP contribution is 2.28. The maximum absolute atomic E-state index is 12.3. The summed E-state index contributed by atoms with van der Waals surface area (Å²) in [6.07, 6.45) is -0.117. The summed E-state index contributed by atoms with van der Waals surface area (Å²) in [6, 6.07) is 14.3. The van der Waals surface area contributed by atoms with Gasteiger partial charge in [-0.25, -0.2) is 0 Å². The summed E-state index contributed by atoms with van der Waals surface area (Å²) >= 11 is 6.22. The van der Waals surface area contributed by atoms with Gasteiger partial charge in [-0.3, -0.25) is 4.79 Å². The Labute approximate surface area is 151 Å². The lowest BCUT2D eigenvalue weighted by molar-refractivity contribution is -0.124. The summed E-state index contributed by atoms with van der Waals surface area (Å²) in [5.74, 6) is -0.217. The van der Waals surface area contributed by atoms with Gasteiger partial charge in [-0.05, 0) is 23.6 Å². The molecule has 1 fully saturated rings. The minimum atomic E-state index is -0.502. The number of nitrogens with one attached hydrogen (secondary N) is 2. The van der Waals surface area contributed by atoms with Crippen LogP contribution in [0.3, 0.4) is 0 Å². The Morgan fingerprint density at radius 2 is 1.96 bits per heavy atom. The maximum Gasteiger partial charge on any atom is 0.237 e. The third-order valence-electron chi connectivity index (χ3n) is 4.42. The average Bonchev–Trinajstić information content (AvgIpc) is 3.07. The summed E-state index contributed by atoms with van der Waals surface area (Å²) < 4.78 is 0. The molecule has 2 aromatic carbocycles. The van der Waals surface area contributed by atoms with Gasteiger partial charge in [0.1, 0.15) is 0 Å². The van der Waals surface area contributed by atoms with Crippen molar-refractivity contribution in [2.75, 3.05) is 13.2 Å². The van der Waals surface area contributed by atoms with Crippen LogP contribution in [-0.4, -0.2) is 41.4 Å². The van der Waals surface area contributed by atoms with Crippen molar-refractivity contribution in [1.82, 2.24) is 10.6 Å². The van der Waals surface area contributed by atoms with E-state index in [0.717, 1.165) is 16.7 Å². The molecule has 132 valence electrons. The van der Waals surface area contributed by atoms with Crippen LogP contribution in [0.4, 0.5) is 0 Å². The van der Waals surface area contributed by atoms with E-state index in [1.165, 1.54) is 0 Å². The molecule has 3 atom stereocenters. The van der Waals surface area contributed by atoms with E-state index < -0.39 is 18.2 Å². The molecule has 3 rings (SSSR count). The fraction of sp³-hybridized carbons (Fsp3) is 0.316. The van der Waals surface area contributed by atoms with E-state index >= 15 is 0 Å². The second kappa shape index (κ2) is 7.97. The molecule has 25 heavy (non-hydrogen) atoms. The number of hydrogen-bond acceptors (Lipinski definition) is 4. The van der Waals surface area contributed by atoms with Gasteiger partial charge in [0.15, 0.2) is 0 Å². The second-order valence-corrected chi connectivity index (χ2v) is 6.60. The third kappa shape index (κ3) is 4.19. The molecule has 1 saturated heterocycles. The zero-order valence-electron chi connectivity index (χ0n) is 13.7. The topological polar surface area (TPSA) is 81.6 Å². The normalized spacial score (nSPS) is 21.1. The molecule has 0 spiro atoms. The lowest BCUT2D eigenvalue weighted by Crippen LogP contribution is -2.42. The number of halogens is 1. The monoisotopic (exact) mass is 360 g/mol. The van der Waals surface area contributed by atoms with Gasteiger partial charge in [-0.2, -0.15) is 0 Å². The van der Waals surface area contributed by atoms with Crippen LogP contribution < -0.4 is 10.6 Å². The van der Waals surface area contributed by atoms with Crippen molar-refractivity contribution in [1.29, 1.82) is 0 Å². The van der Waals surface area contributed by atoms with Crippen LogP contribution in [0.5, 0.6) is 0 Å². The number of aliphatic hydroxyl groups is 2. The minimum absolute atomic E-state index is 0.202. The molecule has 6 heteroatoms. The van der Waals surface area contributed by atoms with Crippen molar-refractivity contribution >= 4 is 17.5 Å². The van der Waals surface area contributed by atoms with Crippen molar-refractivity contribution in [2.24, 2.45) is 0 Å². The molecule has 1 heterocycles. The first-order valence-corrected chi connectivity index (χ1v) is 8.64. The number of carbonyl (C=O) groups is 1. The molecule has 0 radical (unpaired) electrons. The van der Waals surface area contributed by atoms with E-state index in [0.29, 0.717) is 18.0 Å². The third-order valence-corrected chi connectivity index (χ3v) is 4.75. The van der Waals surface area contributed by atoms with Crippen molar-refractivity contribution in [3.8, 4) is 11.1 Å². The number of β-amino-alcohol motifs (C(OH)–C–C–N with tert-alkyl or cyclic N) is 1. The van der Waals surface area contributed by atoms with Crippen LogP contribution in [0.2, 0.25) is 5.02 Å². The Hall–Kier alpha value is -1.92. The first kappa shape index (κ1) is 17.9. The Kier molecular flexibility index (Phi) is 5.71. The smallest absolute Gasteiger partial charge is 0.237 e. The average molecular weight is 361 g/mol. The highest BCUT2D eigenvalue weighted by atomic mass is 35.5. The quantitative estimate of drug-likeness (QED) is 0.656. The molecule has 4 N–H and O–H groups in total. The number of hydrogen-bond donors (Lipinski definition) is 4. The van der Waals surface area contributed by atoms with Crippen LogP contribution in [0, 0.1) is 0 Å². The number of benzene rings is 2. The SMILES string of the molecule is O=C(N[C@@H](CO)c1ccc(-c2ccccc2Cl)cc1)[C@@H]1C[C@@H](O)CN1. The van der Waals surface area contributed by atoms with Crippen LogP contribution in [0.15, 0.2) is 48.5 Å². The van der Waals surface area contributed by atoms with Gasteiger partial charge in [-0.1, -0.05) is 54.1 Å². The van der Waals surface area contributed by atoms with Crippen LogP contribution in [0.1, 0.15) is 18.0 Å². The minimum Gasteiger partial charge on any atom is -0.394 e. The van der Waals surface area contributed by atoms with Gasteiger partial charge >= 0.3 is 0 Å². The van der Waals surface area contributed by atoms with Gasteiger partial charge in [0.25, 0.3) is 0 Å². The zero-order chi connectivity index (χ0) is 17.8. The van der Waals surface area contributed by atoms with Gasteiger partial charge in [0.2, 0.25) is 5.91 Å². The van der Waals surface area contributed by atoms with E-state index in [1.54, 1.807) is 0 Å². The van der Waals surface area contributed by atoms with Gasteiger partial charge in [-0.15, -0.1) is 0 Å². The van der Waals surface area contributed by atoms with Gasteiger partial charge < -0.3 is 20.8 Å². The Bertz CT molecular complexity index is 736. The van der Waals surface area contributed by atoms with Crippen molar-refractivity contribution in [3.05, 3.63) is 59.1 Å². The number of carbonyl (C=O) groups excluding carboxylic acids is 1. The van der Waals surface area contributed by atoms with E-state index in [9.17, 15) is 15.0 Å². The molecule has 5 nitrogen and oxygen atoms in total. The first-order valence-electron chi connectivity index (χ1n) is 8.26. The molecule has 0 aliphatic carbocycles. The standard InChI is InChI=1S/C19H21ClN2O3/c20-16-4-2-1-3-15(16)12-5-7-13(8-6-12)18(11-23)22-19(25)17-9-14(24)10-21-17/h1-8,14,17-18,21,23-24H,9-11H2,(H,22,25)/t14-,17+,18+/m1/s1. The summed E-state index contributed by atoms with van der Waals surface area (Å²) in [5, 5.41) is 25.6. The molecule has 2 aromatic rings. The molecular weight excluding hydrogens is 340 g/mol. The predicted octanol–water partition coefficient (Wildman–Crippen LogP) is 1.88. The number of rotatable bonds is 5. The highest BCUT2D eigenvalue weighted by molar-refractivity contribution is 6.33. The fourth-order valence-electron chi connectivity index (χ4n) is 3.01. The zero-order valence-corrected chi connectivity index (χ0v) is 14.4. The Balaban J connectivity index is 1.71.